The molecule has 0 saturated carbocycles. The molecule has 1 atom stereocenters. The summed E-state index contributed by atoms with van der Waals surface area (Å²) in [6, 6.07) is 3.14. The van der Waals surface area contributed by atoms with Crippen molar-refractivity contribution in [2.75, 3.05) is 65.8 Å². The Kier molecular flexibility index (Phi) is 8.27. The molecular weight excluding hydrogens is 460 g/mol. The molecule has 1 aromatic carbocycles. The largest absolute Gasteiger partial charge is 0.490 e. The van der Waals surface area contributed by atoms with Gasteiger partial charge in [-0.25, -0.2) is 21.5 Å². The molecule has 0 aliphatic carbocycles. The van der Waals surface area contributed by atoms with Crippen LogP contribution in [0.2, 0.25) is 0 Å². The molecule has 0 aromatic heterocycles. The average molecular weight is 492 g/mol. The first-order valence-corrected chi connectivity index (χ1v) is 12.6. The zero-order valence-electron chi connectivity index (χ0n) is 18.9. The third kappa shape index (κ3) is 6.82. The fourth-order valence-corrected chi connectivity index (χ4v) is 5.22. The average Bonchev–Trinajstić information content (AvgIpc) is 2.94. The fraction of sp³-hybridized carbons (Fsp3) is 0.667. The number of methoxy groups -OCH3 is 1. The van der Waals surface area contributed by atoms with Gasteiger partial charge < -0.3 is 19.5 Å². The number of carbonyl (C=O) groups excluding carboxylic acids is 1. The lowest BCUT2D eigenvalue weighted by molar-refractivity contribution is -0.138. The van der Waals surface area contributed by atoms with Gasteiger partial charge in [-0.15, -0.1) is 0 Å². The number of hydrogen-bond donors (Lipinski definition) is 1. The van der Waals surface area contributed by atoms with Crippen LogP contribution < -0.4 is 4.74 Å². The minimum Gasteiger partial charge on any atom is -0.490 e. The van der Waals surface area contributed by atoms with Gasteiger partial charge in [0.05, 0.1) is 12.8 Å². The quantitative estimate of drug-likeness (QED) is 0.585. The van der Waals surface area contributed by atoms with Gasteiger partial charge in [-0.2, -0.15) is 0 Å². The van der Waals surface area contributed by atoms with Gasteiger partial charge in [0.2, 0.25) is 15.9 Å². The van der Waals surface area contributed by atoms with E-state index in [1.807, 2.05) is 4.90 Å². The Morgan fingerprint density at radius 2 is 1.85 bits per heavy atom. The Bertz CT molecular complexity index is 942. The summed E-state index contributed by atoms with van der Waals surface area (Å²) in [6.07, 6.45) is 2.38. The summed E-state index contributed by atoms with van der Waals surface area (Å²) in [7, 11) is -1.85. The van der Waals surface area contributed by atoms with Crippen LogP contribution in [0.15, 0.2) is 18.2 Å². The number of benzene rings is 1. The van der Waals surface area contributed by atoms with Crippen molar-refractivity contribution in [2.24, 2.45) is 0 Å². The van der Waals surface area contributed by atoms with Gasteiger partial charge in [0.1, 0.15) is 24.6 Å². The highest BCUT2D eigenvalue weighted by molar-refractivity contribution is 7.88. The predicted octanol–water partition coefficient (Wildman–Crippen LogP) is 0.289. The zero-order chi connectivity index (χ0) is 24.2. The summed E-state index contributed by atoms with van der Waals surface area (Å²) in [5, 5.41) is 11.4. The topological polar surface area (TPSA) is 99.6 Å². The SMILES string of the molecule is COCC(=O)N1CCN(C2CCN(S(C)(=O)=O)CC2)C[C@](O)(COc2ccc(F)c(F)c2)C1. The van der Waals surface area contributed by atoms with Gasteiger partial charge in [0.15, 0.2) is 11.6 Å². The summed E-state index contributed by atoms with van der Waals surface area (Å²) < 4.78 is 62.4. The lowest BCUT2D eigenvalue weighted by Gasteiger charge is -2.39. The van der Waals surface area contributed by atoms with Gasteiger partial charge in [-0.05, 0) is 25.0 Å². The normalized spacial score (nSPS) is 24.0. The maximum Gasteiger partial charge on any atom is 0.248 e. The van der Waals surface area contributed by atoms with Crippen molar-refractivity contribution in [2.45, 2.75) is 24.5 Å². The Labute approximate surface area is 192 Å². The monoisotopic (exact) mass is 491 g/mol. The fourth-order valence-electron chi connectivity index (χ4n) is 4.34. The summed E-state index contributed by atoms with van der Waals surface area (Å²) in [5.74, 6) is -2.28. The molecule has 3 rings (SSSR count). The number of amides is 1. The molecule has 0 radical (unpaired) electrons. The van der Waals surface area contributed by atoms with Crippen molar-refractivity contribution >= 4 is 15.9 Å². The number of ether oxygens (including phenoxy) is 2. The van der Waals surface area contributed by atoms with E-state index in [9.17, 15) is 27.1 Å². The van der Waals surface area contributed by atoms with Crippen molar-refractivity contribution in [1.29, 1.82) is 0 Å². The smallest absolute Gasteiger partial charge is 0.248 e. The molecule has 2 heterocycles. The third-order valence-electron chi connectivity index (χ3n) is 6.07. The lowest BCUT2D eigenvalue weighted by Crippen LogP contribution is -2.55. The molecule has 12 heteroatoms. The minimum absolute atomic E-state index is 0.0163. The first kappa shape index (κ1) is 25.8. The van der Waals surface area contributed by atoms with E-state index in [-0.39, 0.29) is 44.0 Å². The molecule has 2 aliphatic rings. The minimum atomic E-state index is -3.26. The number of nitrogens with zero attached hydrogens (tertiary/aromatic N) is 3. The van der Waals surface area contributed by atoms with Crippen molar-refractivity contribution in [3.8, 4) is 5.75 Å². The van der Waals surface area contributed by atoms with Crippen molar-refractivity contribution in [3.63, 3.8) is 0 Å². The van der Waals surface area contributed by atoms with E-state index in [4.69, 9.17) is 9.47 Å². The molecule has 1 N–H and O–H groups in total. The molecule has 9 nitrogen and oxygen atoms in total. The van der Waals surface area contributed by atoms with Crippen LogP contribution in [0.1, 0.15) is 12.8 Å². The van der Waals surface area contributed by atoms with E-state index in [2.05, 4.69) is 0 Å². The Balaban J connectivity index is 1.74. The van der Waals surface area contributed by atoms with Crippen LogP contribution in [0.4, 0.5) is 8.78 Å². The number of halogens is 2. The van der Waals surface area contributed by atoms with Crippen molar-refractivity contribution in [3.05, 3.63) is 29.8 Å². The molecule has 1 aromatic rings. The standard InChI is InChI=1S/C21H31F2N3O6S/c1-31-12-20(27)25-10-9-24(16-5-7-26(8-6-16)33(2,29)30)13-21(28,14-25)15-32-17-3-4-18(22)19(23)11-17/h3-4,11,16,28H,5-10,12-15H2,1-2H3/t21-/m1/s1. The van der Waals surface area contributed by atoms with Gasteiger partial charge in [0.25, 0.3) is 0 Å². The lowest BCUT2D eigenvalue weighted by atomic mass is 10.00. The Morgan fingerprint density at radius 1 is 1.15 bits per heavy atom. The highest BCUT2D eigenvalue weighted by Gasteiger charge is 2.40. The number of β-amino-alcohol motifs (C(OH)–C–C–N with tert-alkyl or cyclic N) is 1. The summed E-state index contributed by atoms with van der Waals surface area (Å²) >= 11 is 0. The second-order valence-corrected chi connectivity index (χ2v) is 10.7. The number of piperidine rings is 1. The molecule has 2 aliphatic heterocycles. The molecule has 2 saturated heterocycles. The van der Waals surface area contributed by atoms with Gasteiger partial charge >= 0.3 is 0 Å². The maximum atomic E-state index is 13.5. The highest BCUT2D eigenvalue weighted by atomic mass is 32.2. The van der Waals surface area contributed by atoms with E-state index in [0.29, 0.717) is 39.0 Å². The van der Waals surface area contributed by atoms with E-state index < -0.39 is 27.3 Å². The first-order valence-electron chi connectivity index (χ1n) is 10.8. The zero-order valence-corrected chi connectivity index (χ0v) is 19.7. The summed E-state index contributed by atoms with van der Waals surface area (Å²) in [4.78, 5) is 16.1. The number of sulfonamides is 1. The van der Waals surface area contributed by atoms with E-state index in [0.717, 1.165) is 12.1 Å². The Hall–Kier alpha value is -1.86. The van der Waals surface area contributed by atoms with Crippen LogP contribution in [0.5, 0.6) is 5.75 Å². The van der Waals surface area contributed by atoms with Gasteiger partial charge in [0, 0.05) is 51.9 Å². The summed E-state index contributed by atoms with van der Waals surface area (Å²) in [6.45, 7) is 1.41. The van der Waals surface area contributed by atoms with Crippen molar-refractivity contribution in [1.82, 2.24) is 14.1 Å². The van der Waals surface area contributed by atoms with Crippen LogP contribution >= 0.6 is 0 Å². The first-order chi connectivity index (χ1) is 15.5. The van der Waals surface area contributed by atoms with Crippen LogP contribution in [0.25, 0.3) is 0 Å². The van der Waals surface area contributed by atoms with Crippen LogP contribution in [0.3, 0.4) is 0 Å². The number of aliphatic hydroxyl groups is 1. The number of carbonyl (C=O) groups is 1. The molecule has 186 valence electrons. The molecule has 1 amide bonds. The Morgan fingerprint density at radius 3 is 2.45 bits per heavy atom. The van der Waals surface area contributed by atoms with Crippen molar-refractivity contribution < 1.29 is 36.6 Å². The van der Waals surface area contributed by atoms with Crippen LogP contribution in [-0.2, 0) is 19.6 Å². The van der Waals surface area contributed by atoms with Gasteiger partial charge in [-0.1, -0.05) is 0 Å². The van der Waals surface area contributed by atoms with Crippen LogP contribution in [0, 0.1) is 11.6 Å². The summed E-state index contributed by atoms with van der Waals surface area (Å²) in [5.41, 5.74) is -1.49. The molecule has 2 fully saturated rings. The second kappa shape index (κ2) is 10.6. The van der Waals surface area contributed by atoms with E-state index in [1.165, 1.54) is 28.6 Å². The molecule has 0 unspecified atom stereocenters. The third-order valence-corrected chi connectivity index (χ3v) is 7.37. The molecule has 33 heavy (non-hydrogen) atoms. The predicted molar refractivity (Wildman–Crippen MR) is 116 cm³/mol. The molecule has 0 spiro atoms. The second-order valence-electron chi connectivity index (χ2n) is 8.70. The highest BCUT2D eigenvalue weighted by Crippen LogP contribution is 2.25. The van der Waals surface area contributed by atoms with E-state index >= 15 is 0 Å². The van der Waals surface area contributed by atoms with Crippen LogP contribution in [-0.4, -0.2) is 111 Å². The van der Waals surface area contributed by atoms with Gasteiger partial charge in [-0.3, -0.25) is 9.69 Å². The number of rotatable bonds is 7. The maximum absolute atomic E-state index is 13.5. The molecule has 0 bridgehead atoms. The van der Waals surface area contributed by atoms with E-state index in [1.54, 1.807) is 0 Å². The number of hydrogen-bond acceptors (Lipinski definition) is 7. The molecular formula is C21H31F2N3O6S.